The van der Waals surface area contributed by atoms with E-state index in [9.17, 15) is 21.6 Å². The number of rotatable bonds is 2. The molecule has 0 amide bonds. The van der Waals surface area contributed by atoms with Crippen molar-refractivity contribution in [3.8, 4) is 0 Å². The monoisotopic (exact) mass is 239 g/mol. The zero-order valence-corrected chi connectivity index (χ0v) is 8.78. The first-order valence-corrected chi connectivity index (χ1v) is 5.28. The summed E-state index contributed by atoms with van der Waals surface area (Å²) < 4.78 is 61.9. The lowest BCUT2D eigenvalue weighted by Gasteiger charge is -2.12. The maximum absolute atomic E-state index is 13.1. The molecular formula is C8H8F3NO2S. The molecule has 0 fully saturated rings. The van der Waals surface area contributed by atoms with Crippen molar-refractivity contribution in [2.24, 2.45) is 0 Å². The predicted molar refractivity (Wildman–Crippen MR) is 47.2 cm³/mol. The molecule has 0 heterocycles. The highest BCUT2D eigenvalue weighted by atomic mass is 32.2. The van der Waals surface area contributed by atoms with Crippen molar-refractivity contribution in [2.75, 3.05) is 14.1 Å². The third kappa shape index (κ3) is 1.98. The van der Waals surface area contributed by atoms with Crippen LogP contribution in [0.2, 0.25) is 0 Å². The van der Waals surface area contributed by atoms with E-state index in [2.05, 4.69) is 0 Å². The van der Waals surface area contributed by atoms with Gasteiger partial charge in [0, 0.05) is 14.1 Å². The quantitative estimate of drug-likeness (QED) is 0.731. The summed E-state index contributed by atoms with van der Waals surface area (Å²) in [7, 11) is -1.77. The zero-order chi connectivity index (χ0) is 11.8. The Bertz CT molecular complexity index is 485. The lowest BCUT2D eigenvalue weighted by atomic mass is 10.3. The van der Waals surface area contributed by atoms with Crippen LogP contribution < -0.4 is 0 Å². The minimum atomic E-state index is -4.10. The molecular weight excluding hydrogens is 231 g/mol. The number of nitrogens with zero attached hydrogens (tertiary/aromatic N) is 1. The van der Waals surface area contributed by atoms with E-state index in [4.69, 9.17) is 0 Å². The lowest BCUT2D eigenvalue weighted by Crippen LogP contribution is -2.23. The second-order valence-electron chi connectivity index (χ2n) is 2.96. The summed E-state index contributed by atoms with van der Waals surface area (Å²) in [6, 6.07) is 1.25. The molecule has 0 aromatic heterocycles. The van der Waals surface area contributed by atoms with Crippen LogP contribution in [-0.4, -0.2) is 26.8 Å². The smallest absolute Gasteiger partial charge is 0.207 e. The molecule has 7 heteroatoms. The second kappa shape index (κ2) is 3.82. The fraction of sp³-hybridized carbons (Fsp3) is 0.250. The molecule has 0 unspecified atom stereocenters. The van der Waals surface area contributed by atoms with Crippen LogP contribution in [0.25, 0.3) is 0 Å². The number of halogens is 3. The molecule has 15 heavy (non-hydrogen) atoms. The Morgan fingerprint density at radius 2 is 1.60 bits per heavy atom. The van der Waals surface area contributed by atoms with Crippen molar-refractivity contribution in [3.05, 3.63) is 29.6 Å². The molecule has 0 aliphatic rings. The summed E-state index contributed by atoms with van der Waals surface area (Å²) in [5.74, 6) is -4.92. The molecule has 1 aromatic rings. The van der Waals surface area contributed by atoms with Gasteiger partial charge >= 0.3 is 0 Å². The van der Waals surface area contributed by atoms with Gasteiger partial charge in [0.2, 0.25) is 10.0 Å². The van der Waals surface area contributed by atoms with Crippen molar-refractivity contribution in [1.29, 1.82) is 0 Å². The van der Waals surface area contributed by atoms with Gasteiger partial charge in [-0.1, -0.05) is 0 Å². The molecule has 0 aliphatic carbocycles. The summed E-state index contributed by atoms with van der Waals surface area (Å²) in [5.41, 5.74) is 0. The van der Waals surface area contributed by atoms with Gasteiger partial charge in [-0.05, 0) is 12.1 Å². The Morgan fingerprint density at radius 3 is 2.07 bits per heavy atom. The maximum Gasteiger partial charge on any atom is 0.245 e. The van der Waals surface area contributed by atoms with Gasteiger partial charge in [-0.3, -0.25) is 0 Å². The van der Waals surface area contributed by atoms with E-state index < -0.39 is 32.4 Å². The first-order chi connectivity index (χ1) is 6.78. The highest BCUT2D eigenvalue weighted by molar-refractivity contribution is 7.89. The first kappa shape index (κ1) is 12.0. The van der Waals surface area contributed by atoms with Crippen LogP contribution in [0, 0.1) is 17.5 Å². The van der Waals surface area contributed by atoms with Crippen molar-refractivity contribution in [3.63, 3.8) is 0 Å². The first-order valence-electron chi connectivity index (χ1n) is 3.84. The Balaban J connectivity index is 3.48. The average molecular weight is 239 g/mol. The van der Waals surface area contributed by atoms with Gasteiger partial charge < -0.3 is 0 Å². The SMILES string of the molecule is CN(C)S(=O)(=O)c1ccc(F)c(F)c1F. The number of hydrogen-bond donors (Lipinski definition) is 0. The Morgan fingerprint density at radius 1 is 1.07 bits per heavy atom. The summed E-state index contributed by atoms with van der Waals surface area (Å²) in [6.07, 6.45) is 0. The highest BCUT2D eigenvalue weighted by Gasteiger charge is 2.25. The maximum atomic E-state index is 13.1. The van der Waals surface area contributed by atoms with Gasteiger partial charge in [0.1, 0.15) is 4.90 Å². The van der Waals surface area contributed by atoms with Gasteiger partial charge in [-0.15, -0.1) is 0 Å². The van der Waals surface area contributed by atoms with Crippen LogP contribution in [0.1, 0.15) is 0 Å². The molecule has 0 radical (unpaired) electrons. The normalized spacial score (nSPS) is 12.1. The zero-order valence-electron chi connectivity index (χ0n) is 7.96. The van der Waals surface area contributed by atoms with Crippen LogP contribution in [0.3, 0.4) is 0 Å². The van der Waals surface area contributed by atoms with Crippen molar-refractivity contribution in [1.82, 2.24) is 4.31 Å². The summed E-state index contributed by atoms with van der Waals surface area (Å²) in [4.78, 5) is -0.883. The third-order valence-electron chi connectivity index (χ3n) is 1.76. The van der Waals surface area contributed by atoms with Crippen LogP contribution in [0.4, 0.5) is 13.2 Å². The number of benzene rings is 1. The fourth-order valence-corrected chi connectivity index (χ4v) is 1.85. The molecule has 1 rings (SSSR count). The van der Waals surface area contributed by atoms with E-state index in [1.165, 1.54) is 0 Å². The molecule has 3 nitrogen and oxygen atoms in total. The fourth-order valence-electron chi connectivity index (χ4n) is 0.904. The molecule has 0 saturated carbocycles. The lowest BCUT2D eigenvalue weighted by molar-refractivity contribution is 0.428. The minimum absolute atomic E-state index is 0.564. The largest absolute Gasteiger partial charge is 0.245 e. The van der Waals surface area contributed by atoms with E-state index in [-0.39, 0.29) is 0 Å². The molecule has 84 valence electrons. The third-order valence-corrected chi connectivity index (χ3v) is 3.59. The summed E-state index contributed by atoms with van der Waals surface area (Å²) in [6.45, 7) is 0. The minimum Gasteiger partial charge on any atom is -0.207 e. The molecule has 0 saturated heterocycles. The van der Waals surface area contributed by atoms with Crippen LogP contribution in [0.15, 0.2) is 17.0 Å². The van der Waals surface area contributed by atoms with Crippen LogP contribution in [-0.2, 0) is 10.0 Å². The molecule has 1 aromatic carbocycles. The van der Waals surface area contributed by atoms with Gasteiger partial charge in [0.15, 0.2) is 17.5 Å². The number of sulfonamides is 1. The highest BCUT2D eigenvalue weighted by Crippen LogP contribution is 2.21. The predicted octanol–water partition coefficient (Wildman–Crippen LogP) is 1.35. The summed E-state index contributed by atoms with van der Waals surface area (Å²) in [5, 5.41) is 0. The Kier molecular flexibility index (Phi) is 3.05. The van der Waals surface area contributed by atoms with E-state index in [1.54, 1.807) is 0 Å². The van der Waals surface area contributed by atoms with Gasteiger partial charge in [-0.2, -0.15) is 0 Å². The van der Waals surface area contributed by atoms with Gasteiger partial charge in [-0.25, -0.2) is 25.9 Å². The van der Waals surface area contributed by atoms with Crippen molar-refractivity contribution < 1.29 is 21.6 Å². The molecule has 0 atom stereocenters. The number of hydrogen-bond acceptors (Lipinski definition) is 2. The van der Waals surface area contributed by atoms with E-state index >= 15 is 0 Å². The average Bonchev–Trinajstić information content (AvgIpc) is 2.13. The molecule has 0 N–H and O–H groups in total. The van der Waals surface area contributed by atoms with E-state index in [0.717, 1.165) is 14.1 Å². The van der Waals surface area contributed by atoms with E-state index in [1.807, 2.05) is 0 Å². The van der Waals surface area contributed by atoms with Crippen LogP contribution in [0.5, 0.6) is 0 Å². The molecule has 0 aliphatic heterocycles. The Hall–Kier alpha value is -1.08. The van der Waals surface area contributed by atoms with E-state index in [0.29, 0.717) is 16.4 Å². The standard InChI is InChI=1S/C8H8F3NO2S/c1-12(2)15(13,14)6-4-3-5(9)7(10)8(6)11/h3-4H,1-2H3. The van der Waals surface area contributed by atoms with Crippen molar-refractivity contribution >= 4 is 10.0 Å². The second-order valence-corrected chi connectivity index (χ2v) is 5.08. The van der Waals surface area contributed by atoms with Crippen LogP contribution >= 0.6 is 0 Å². The van der Waals surface area contributed by atoms with Gasteiger partial charge in [0.25, 0.3) is 0 Å². The summed E-state index contributed by atoms with van der Waals surface area (Å²) >= 11 is 0. The Labute approximate surface area is 85.2 Å². The topological polar surface area (TPSA) is 37.4 Å². The van der Waals surface area contributed by atoms with Gasteiger partial charge in [0.05, 0.1) is 0 Å². The molecule has 0 spiro atoms. The molecule has 0 bridgehead atoms. The van der Waals surface area contributed by atoms with Crippen molar-refractivity contribution in [2.45, 2.75) is 4.90 Å².